The minimum Gasteiger partial charge on any atom is -0.482 e. The molecule has 4 rings (SSSR count). The number of hydrogen-bond acceptors (Lipinski definition) is 7. The van der Waals surface area contributed by atoms with Gasteiger partial charge < -0.3 is 26.0 Å². The second-order valence-electron chi connectivity index (χ2n) is 8.28. The molecular weight excluding hydrogens is 528 g/mol. The third-order valence-corrected chi connectivity index (χ3v) is 6.31. The van der Waals surface area contributed by atoms with Crippen LogP contribution in [-0.4, -0.2) is 50.0 Å². The van der Waals surface area contributed by atoms with Crippen LogP contribution in [0.1, 0.15) is 43.9 Å². The van der Waals surface area contributed by atoms with E-state index in [0.717, 1.165) is 37.1 Å². The monoisotopic (exact) mass is 553 g/mol. The molecule has 2 aromatic heterocycles. The molecule has 1 saturated heterocycles. The van der Waals surface area contributed by atoms with Crippen LogP contribution in [0, 0.1) is 5.82 Å². The number of nitrogen functional groups attached to an aromatic ring is 1. The van der Waals surface area contributed by atoms with Gasteiger partial charge >= 0.3 is 11.9 Å². The summed E-state index contributed by atoms with van der Waals surface area (Å²) < 4.78 is 21.9. The molecule has 0 saturated carbocycles. The van der Waals surface area contributed by atoms with Gasteiger partial charge in [0, 0.05) is 34.1 Å². The molecule has 0 spiro atoms. The lowest BCUT2D eigenvalue weighted by Gasteiger charge is -2.22. The molecule has 0 aliphatic carbocycles. The maximum atomic E-state index is 13.9. The lowest BCUT2D eigenvalue weighted by Crippen LogP contribution is -2.29. The molecule has 0 bridgehead atoms. The summed E-state index contributed by atoms with van der Waals surface area (Å²) in [5.41, 5.74) is 8.12. The van der Waals surface area contributed by atoms with E-state index in [9.17, 15) is 14.0 Å². The van der Waals surface area contributed by atoms with Gasteiger partial charge in [-0.3, -0.25) is 14.3 Å². The lowest BCUT2D eigenvalue weighted by molar-refractivity contribution is -0.147. The Hall–Kier alpha value is -3.41. The molecular formula is C24H26Cl2FN5O5. The topological polar surface area (TPSA) is 153 Å². The minimum absolute atomic E-state index is 0.0686. The van der Waals surface area contributed by atoms with Gasteiger partial charge in [0.15, 0.2) is 11.6 Å². The second-order valence-corrected chi connectivity index (χ2v) is 9.06. The van der Waals surface area contributed by atoms with Crippen molar-refractivity contribution in [1.82, 2.24) is 20.1 Å². The van der Waals surface area contributed by atoms with Gasteiger partial charge in [-0.15, -0.1) is 0 Å². The molecule has 1 aliphatic rings. The number of benzene rings is 1. The number of nitrogens with two attached hydrogens (primary N) is 1. The van der Waals surface area contributed by atoms with Crippen LogP contribution in [0.5, 0.6) is 5.75 Å². The van der Waals surface area contributed by atoms with E-state index in [1.54, 1.807) is 19.2 Å². The number of anilines is 1. The van der Waals surface area contributed by atoms with Crippen LogP contribution in [0.15, 0.2) is 36.8 Å². The highest BCUT2D eigenvalue weighted by atomic mass is 35.5. The number of nitrogens with zero attached hydrogens (tertiary/aromatic N) is 3. The number of carboxylic acids is 2. The summed E-state index contributed by atoms with van der Waals surface area (Å²) in [7, 11) is 0. The van der Waals surface area contributed by atoms with Crippen molar-refractivity contribution in [2.24, 2.45) is 0 Å². The van der Waals surface area contributed by atoms with Gasteiger partial charge in [0.1, 0.15) is 18.3 Å². The molecule has 1 fully saturated rings. The summed E-state index contributed by atoms with van der Waals surface area (Å²) >= 11 is 12.3. The first-order valence-corrected chi connectivity index (χ1v) is 12.1. The molecule has 198 valence electrons. The first-order valence-electron chi connectivity index (χ1n) is 11.3. The Morgan fingerprint density at radius 2 is 1.89 bits per heavy atom. The third-order valence-electron chi connectivity index (χ3n) is 5.59. The van der Waals surface area contributed by atoms with Gasteiger partial charge in [-0.2, -0.15) is 5.10 Å². The Balaban J connectivity index is 0.000000479. The van der Waals surface area contributed by atoms with Gasteiger partial charge in [-0.1, -0.05) is 23.2 Å². The average Bonchev–Trinajstić information content (AvgIpc) is 3.34. The van der Waals surface area contributed by atoms with E-state index in [2.05, 4.69) is 15.4 Å². The average molecular weight is 554 g/mol. The van der Waals surface area contributed by atoms with Crippen molar-refractivity contribution in [3.05, 3.63) is 58.2 Å². The lowest BCUT2D eigenvalue weighted by atomic mass is 10.1. The smallest absolute Gasteiger partial charge is 0.314 e. The first-order chi connectivity index (χ1) is 17.6. The highest BCUT2D eigenvalue weighted by Gasteiger charge is 2.21. The Bertz CT molecular complexity index is 1250. The maximum absolute atomic E-state index is 13.9. The molecule has 0 radical (unpaired) electrons. The summed E-state index contributed by atoms with van der Waals surface area (Å²) in [6, 6.07) is 4.85. The Morgan fingerprint density at radius 3 is 2.51 bits per heavy atom. The number of hydrogen-bond donors (Lipinski definition) is 4. The van der Waals surface area contributed by atoms with E-state index in [4.69, 9.17) is 43.9 Å². The number of carbonyl (C=O) groups is 2. The van der Waals surface area contributed by atoms with Crippen LogP contribution in [0.2, 0.25) is 10.0 Å². The fourth-order valence-corrected chi connectivity index (χ4v) is 4.44. The normalized spacial score (nSPS) is 14.4. The molecule has 13 heteroatoms. The molecule has 1 aromatic carbocycles. The number of aliphatic carboxylic acids is 2. The Labute approximate surface area is 222 Å². The SMILES string of the molecule is C[C@@H](Oc1cc(-c2cnn(C3CCNCC3)c2)cnc1N)c1c(Cl)ccc(F)c1Cl.O=C(O)CC(=O)O. The molecule has 0 amide bonds. The highest BCUT2D eigenvalue weighted by molar-refractivity contribution is 6.36. The van der Waals surface area contributed by atoms with Crippen LogP contribution in [-0.2, 0) is 9.59 Å². The number of pyridine rings is 1. The molecule has 3 aromatic rings. The van der Waals surface area contributed by atoms with E-state index in [1.807, 2.05) is 17.1 Å². The number of piperidine rings is 1. The minimum atomic E-state index is -1.31. The van der Waals surface area contributed by atoms with Crippen molar-refractivity contribution in [2.75, 3.05) is 18.8 Å². The summed E-state index contributed by atoms with van der Waals surface area (Å²) in [5, 5.41) is 23.5. The number of ether oxygens (including phenoxy) is 1. The van der Waals surface area contributed by atoms with Gasteiger partial charge in [-0.05, 0) is 51.1 Å². The second kappa shape index (κ2) is 12.7. The number of halogens is 3. The van der Waals surface area contributed by atoms with Gasteiger partial charge in [0.2, 0.25) is 0 Å². The standard InChI is InChI=1S/C21H22Cl2FN5O.C3H4O4/c1-12(19-16(22)2-3-17(24)20(19)23)30-18-8-13(9-27-21(18)25)14-10-28-29(11-14)15-4-6-26-7-5-15;4-2(5)1-3(6)7/h2-3,8-12,15,26H,4-7H2,1H3,(H2,25,27);1H2,(H,4,5)(H,6,7)/t12-;/m1./s1. The van der Waals surface area contributed by atoms with E-state index in [-0.39, 0.29) is 10.8 Å². The fourth-order valence-electron chi connectivity index (χ4n) is 3.76. The zero-order valence-electron chi connectivity index (χ0n) is 19.8. The van der Waals surface area contributed by atoms with E-state index >= 15 is 0 Å². The molecule has 1 aliphatic heterocycles. The van der Waals surface area contributed by atoms with Crippen LogP contribution in [0.3, 0.4) is 0 Å². The number of carboxylic acid groups (broad SMARTS) is 2. The Kier molecular flexibility index (Phi) is 9.67. The van der Waals surface area contributed by atoms with Crippen molar-refractivity contribution >= 4 is 41.0 Å². The quantitative estimate of drug-likeness (QED) is 0.243. The summed E-state index contributed by atoms with van der Waals surface area (Å²) in [5.74, 6) is -2.59. The van der Waals surface area contributed by atoms with Crippen molar-refractivity contribution in [3.8, 4) is 16.9 Å². The third kappa shape index (κ3) is 7.54. The van der Waals surface area contributed by atoms with Crippen molar-refractivity contribution in [3.63, 3.8) is 0 Å². The predicted octanol–water partition coefficient (Wildman–Crippen LogP) is 4.58. The van der Waals surface area contributed by atoms with E-state index < -0.39 is 30.3 Å². The molecule has 0 unspecified atom stereocenters. The largest absolute Gasteiger partial charge is 0.482 e. The summed E-state index contributed by atoms with van der Waals surface area (Å²) in [6.07, 6.45) is 6.15. The number of aromatic nitrogens is 3. The van der Waals surface area contributed by atoms with Gasteiger partial charge in [0.25, 0.3) is 0 Å². The van der Waals surface area contributed by atoms with E-state index in [0.29, 0.717) is 22.4 Å². The van der Waals surface area contributed by atoms with Crippen molar-refractivity contribution in [1.29, 1.82) is 0 Å². The first kappa shape index (κ1) is 28.2. The van der Waals surface area contributed by atoms with Crippen LogP contribution >= 0.6 is 23.2 Å². The van der Waals surface area contributed by atoms with Crippen molar-refractivity contribution < 1.29 is 28.9 Å². The molecule has 3 heterocycles. The summed E-state index contributed by atoms with van der Waals surface area (Å²) in [6.45, 7) is 3.71. The van der Waals surface area contributed by atoms with E-state index in [1.165, 1.54) is 12.1 Å². The molecule has 1 atom stereocenters. The molecule has 10 nitrogen and oxygen atoms in total. The number of nitrogens with one attached hydrogen (secondary N) is 1. The molecule has 5 N–H and O–H groups in total. The maximum Gasteiger partial charge on any atom is 0.314 e. The van der Waals surface area contributed by atoms with Crippen LogP contribution in [0.25, 0.3) is 11.1 Å². The zero-order chi connectivity index (χ0) is 27.1. The predicted molar refractivity (Wildman–Crippen MR) is 136 cm³/mol. The van der Waals surface area contributed by atoms with Crippen molar-refractivity contribution in [2.45, 2.75) is 38.3 Å². The molecule has 37 heavy (non-hydrogen) atoms. The number of rotatable bonds is 7. The highest BCUT2D eigenvalue weighted by Crippen LogP contribution is 2.37. The van der Waals surface area contributed by atoms with Crippen LogP contribution < -0.4 is 15.8 Å². The van der Waals surface area contributed by atoms with Gasteiger partial charge in [0.05, 0.1) is 17.3 Å². The van der Waals surface area contributed by atoms with Crippen LogP contribution in [0.4, 0.5) is 10.2 Å². The van der Waals surface area contributed by atoms with Gasteiger partial charge in [-0.25, -0.2) is 9.37 Å². The Morgan fingerprint density at radius 1 is 1.22 bits per heavy atom. The summed E-state index contributed by atoms with van der Waals surface area (Å²) in [4.78, 5) is 23.1. The fraction of sp³-hybridized carbons (Fsp3) is 0.333. The zero-order valence-corrected chi connectivity index (χ0v) is 21.3.